The number of fused-ring (bicyclic) bond motifs is 1. The Kier molecular flexibility index (Phi) is 3.39. The van der Waals surface area contributed by atoms with E-state index >= 15 is 0 Å². The Bertz CT molecular complexity index is 457. The first-order valence-corrected chi connectivity index (χ1v) is 5.45. The third-order valence-corrected chi connectivity index (χ3v) is 2.54. The van der Waals surface area contributed by atoms with Crippen LogP contribution in [0.1, 0.15) is 16.8 Å². The van der Waals surface area contributed by atoms with Crippen molar-refractivity contribution in [2.45, 2.75) is 6.42 Å². The predicted molar refractivity (Wildman–Crippen MR) is 63.4 cm³/mol. The fourth-order valence-electron chi connectivity index (χ4n) is 1.64. The molecule has 2 rings (SSSR count). The molecule has 17 heavy (non-hydrogen) atoms. The second kappa shape index (κ2) is 4.97. The molecule has 1 heterocycles. The molecule has 0 radical (unpaired) electrons. The number of hydrogen-bond acceptors (Lipinski definition) is 4. The topological polar surface area (TPSA) is 67.4 Å². The maximum Gasteiger partial charge on any atom is 0.262 e. The van der Waals surface area contributed by atoms with Gasteiger partial charge in [0.2, 0.25) is 0 Å². The van der Waals surface area contributed by atoms with E-state index in [1.54, 1.807) is 25.2 Å². The molecule has 5 nitrogen and oxygen atoms in total. The summed E-state index contributed by atoms with van der Waals surface area (Å²) in [5.74, 6) is 0.453. The van der Waals surface area contributed by atoms with E-state index in [0.717, 1.165) is 0 Å². The Hall–Kier alpha value is -1.88. The molecule has 0 saturated carbocycles. The molecule has 0 unspecified atom stereocenters. The minimum Gasteiger partial charge on any atom is -0.482 e. The molecule has 0 atom stereocenters. The van der Waals surface area contributed by atoms with Gasteiger partial charge in [-0.15, -0.1) is 0 Å². The van der Waals surface area contributed by atoms with Crippen molar-refractivity contribution in [2.75, 3.05) is 25.5 Å². The second-order valence-corrected chi connectivity index (χ2v) is 3.82. The molecule has 5 heteroatoms. The minimum atomic E-state index is -0.197. The lowest BCUT2D eigenvalue weighted by atomic mass is 10.1. The van der Waals surface area contributed by atoms with Gasteiger partial charge in [0.15, 0.2) is 12.4 Å². The Morgan fingerprint density at radius 2 is 2.35 bits per heavy atom. The summed E-state index contributed by atoms with van der Waals surface area (Å²) in [4.78, 5) is 22.9. The van der Waals surface area contributed by atoms with Gasteiger partial charge in [0, 0.05) is 18.5 Å². The summed E-state index contributed by atoms with van der Waals surface area (Å²) in [5, 5.41) is 5.60. The molecule has 1 aromatic carbocycles. The zero-order valence-electron chi connectivity index (χ0n) is 9.58. The van der Waals surface area contributed by atoms with Gasteiger partial charge < -0.3 is 15.4 Å². The van der Waals surface area contributed by atoms with E-state index in [0.29, 0.717) is 30.0 Å². The van der Waals surface area contributed by atoms with Gasteiger partial charge in [0.1, 0.15) is 5.75 Å². The van der Waals surface area contributed by atoms with Crippen LogP contribution in [0.5, 0.6) is 5.75 Å². The van der Waals surface area contributed by atoms with Gasteiger partial charge >= 0.3 is 0 Å². The summed E-state index contributed by atoms with van der Waals surface area (Å²) in [5.41, 5.74) is 1.15. The third kappa shape index (κ3) is 2.62. The average molecular weight is 234 g/mol. The van der Waals surface area contributed by atoms with Crippen LogP contribution in [-0.2, 0) is 4.79 Å². The van der Waals surface area contributed by atoms with Crippen molar-refractivity contribution in [1.82, 2.24) is 5.32 Å². The standard InChI is InChI=1S/C12H14N2O3/c1-13-5-4-10(15)8-2-3-11-9(6-8)14-12(16)7-17-11/h2-3,6,13H,4-5,7H2,1H3,(H,14,16). The molecule has 0 bridgehead atoms. The Labute approximate surface area is 99.2 Å². The molecule has 1 amide bonds. The van der Waals surface area contributed by atoms with Gasteiger partial charge in [-0.05, 0) is 25.2 Å². The van der Waals surface area contributed by atoms with Crippen molar-refractivity contribution in [3.63, 3.8) is 0 Å². The Balaban J connectivity index is 2.18. The number of Topliss-reactive ketones (excluding diaryl/α,β-unsaturated/α-hetero) is 1. The smallest absolute Gasteiger partial charge is 0.262 e. The predicted octanol–water partition coefficient (Wildman–Crippen LogP) is 0.810. The number of anilines is 1. The summed E-state index contributed by atoms with van der Waals surface area (Å²) in [6, 6.07) is 5.08. The van der Waals surface area contributed by atoms with Crippen LogP contribution in [0, 0.1) is 0 Å². The number of carbonyl (C=O) groups excluding carboxylic acids is 2. The molecule has 0 aliphatic carbocycles. The largest absolute Gasteiger partial charge is 0.482 e. The summed E-state index contributed by atoms with van der Waals surface area (Å²) >= 11 is 0. The lowest BCUT2D eigenvalue weighted by molar-refractivity contribution is -0.118. The maximum absolute atomic E-state index is 11.8. The molecule has 0 aromatic heterocycles. The van der Waals surface area contributed by atoms with Crippen LogP contribution in [0.4, 0.5) is 5.69 Å². The number of amides is 1. The first-order valence-electron chi connectivity index (χ1n) is 5.45. The zero-order valence-corrected chi connectivity index (χ0v) is 9.58. The van der Waals surface area contributed by atoms with E-state index in [4.69, 9.17) is 4.74 Å². The van der Waals surface area contributed by atoms with Crippen LogP contribution in [0.2, 0.25) is 0 Å². The molecule has 0 fully saturated rings. The van der Waals surface area contributed by atoms with Crippen LogP contribution in [0.25, 0.3) is 0 Å². The highest BCUT2D eigenvalue weighted by Gasteiger charge is 2.17. The van der Waals surface area contributed by atoms with E-state index in [1.165, 1.54) is 0 Å². The van der Waals surface area contributed by atoms with Crippen LogP contribution in [0.3, 0.4) is 0 Å². The highest BCUT2D eigenvalue weighted by molar-refractivity contribution is 6.00. The summed E-state index contributed by atoms with van der Waals surface area (Å²) in [6.45, 7) is 0.666. The molecule has 1 aliphatic heterocycles. The van der Waals surface area contributed by atoms with Gasteiger partial charge in [0.25, 0.3) is 5.91 Å². The first kappa shape index (κ1) is 11.6. The fourth-order valence-corrected chi connectivity index (χ4v) is 1.64. The molecule has 0 saturated heterocycles. The zero-order chi connectivity index (χ0) is 12.3. The van der Waals surface area contributed by atoms with Crippen molar-refractivity contribution < 1.29 is 14.3 Å². The normalized spacial score (nSPS) is 13.6. The van der Waals surface area contributed by atoms with Crippen molar-refractivity contribution in [1.29, 1.82) is 0 Å². The Morgan fingerprint density at radius 3 is 3.12 bits per heavy atom. The van der Waals surface area contributed by atoms with Gasteiger partial charge in [-0.1, -0.05) is 0 Å². The molecule has 2 N–H and O–H groups in total. The quantitative estimate of drug-likeness (QED) is 0.756. The van der Waals surface area contributed by atoms with E-state index in [9.17, 15) is 9.59 Å². The van der Waals surface area contributed by atoms with Crippen LogP contribution >= 0.6 is 0 Å². The summed E-state index contributed by atoms with van der Waals surface area (Å²) < 4.78 is 5.22. The van der Waals surface area contributed by atoms with Gasteiger partial charge in [0.05, 0.1) is 5.69 Å². The maximum atomic E-state index is 11.8. The molecule has 1 aliphatic rings. The minimum absolute atomic E-state index is 0.0278. The van der Waals surface area contributed by atoms with Crippen LogP contribution in [0.15, 0.2) is 18.2 Å². The number of nitrogens with one attached hydrogen (secondary N) is 2. The molecule has 1 aromatic rings. The van der Waals surface area contributed by atoms with Gasteiger partial charge in [-0.3, -0.25) is 9.59 Å². The first-order chi connectivity index (χ1) is 8.20. The average Bonchev–Trinajstić information content (AvgIpc) is 2.35. The SMILES string of the molecule is CNCCC(=O)c1ccc2c(c1)NC(=O)CO2. The number of rotatable bonds is 4. The van der Waals surface area contributed by atoms with Crippen LogP contribution in [-0.4, -0.2) is 31.9 Å². The Morgan fingerprint density at radius 1 is 1.53 bits per heavy atom. The number of carbonyl (C=O) groups is 2. The van der Waals surface area contributed by atoms with Crippen molar-refractivity contribution in [3.8, 4) is 5.75 Å². The van der Waals surface area contributed by atoms with Crippen molar-refractivity contribution in [3.05, 3.63) is 23.8 Å². The number of ether oxygens (including phenoxy) is 1. The van der Waals surface area contributed by atoms with E-state index in [2.05, 4.69) is 10.6 Å². The molecular weight excluding hydrogens is 220 g/mol. The van der Waals surface area contributed by atoms with Crippen molar-refractivity contribution in [2.24, 2.45) is 0 Å². The summed E-state index contributed by atoms with van der Waals surface area (Å²) in [6.07, 6.45) is 0.435. The number of hydrogen-bond donors (Lipinski definition) is 2. The molecule has 0 spiro atoms. The fraction of sp³-hybridized carbons (Fsp3) is 0.333. The lowest BCUT2D eigenvalue weighted by Gasteiger charge is -2.18. The molecule has 90 valence electrons. The van der Waals surface area contributed by atoms with E-state index < -0.39 is 0 Å². The second-order valence-electron chi connectivity index (χ2n) is 3.82. The molecular formula is C12H14N2O3. The third-order valence-electron chi connectivity index (χ3n) is 2.54. The summed E-state index contributed by atoms with van der Waals surface area (Å²) in [7, 11) is 1.80. The van der Waals surface area contributed by atoms with Crippen molar-refractivity contribution >= 4 is 17.4 Å². The van der Waals surface area contributed by atoms with Gasteiger partial charge in [-0.25, -0.2) is 0 Å². The number of ketones is 1. The van der Waals surface area contributed by atoms with E-state index in [1.807, 2.05) is 0 Å². The van der Waals surface area contributed by atoms with Gasteiger partial charge in [-0.2, -0.15) is 0 Å². The lowest BCUT2D eigenvalue weighted by Crippen LogP contribution is -2.25. The highest BCUT2D eigenvalue weighted by Crippen LogP contribution is 2.28. The number of benzene rings is 1. The highest BCUT2D eigenvalue weighted by atomic mass is 16.5. The van der Waals surface area contributed by atoms with E-state index in [-0.39, 0.29) is 18.3 Å². The monoisotopic (exact) mass is 234 g/mol. The van der Waals surface area contributed by atoms with Crippen LogP contribution < -0.4 is 15.4 Å².